The zero-order valence-corrected chi connectivity index (χ0v) is 12.1. The third-order valence-electron chi connectivity index (χ3n) is 3.39. The summed E-state index contributed by atoms with van der Waals surface area (Å²) in [6.07, 6.45) is 1.37. The highest BCUT2D eigenvalue weighted by Gasteiger charge is 2.23. The second-order valence-corrected chi connectivity index (χ2v) is 7.17. The molecule has 0 unspecified atom stereocenters. The molecule has 0 radical (unpaired) electrons. The van der Waals surface area contributed by atoms with Gasteiger partial charge in [0.15, 0.2) is 0 Å². The van der Waals surface area contributed by atoms with Crippen molar-refractivity contribution < 1.29 is 13.2 Å². The van der Waals surface area contributed by atoms with Crippen molar-refractivity contribution in [1.29, 1.82) is 0 Å². The minimum Gasteiger partial charge on any atom is -0.382 e. The highest BCUT2D eigenvalue weighted by molar-refractivity contribution is 7.91. The van der Waals surface area contributed by atoms with Gasteiger partial charge >= 0.3 is 0 Å². The van der Waals surface area contributed by atoms with Crippen LogP contribution in [0.3, 0.4) is 0 Å². The van der Waals surface area contributed by atoms with Gasteiger partial charge in [-0.25, -0.2) is 8.42 Å². The first kappa shape index (κ1) is 14.3. The molecular weight excluding hydrogens is 262 g/mol. The Kier molecular flexibility index (Phi) is 4.82. The number of hydrogen-bond acceptors (Lipinski definition) is 4. The number of ether oxygens (including phenoxy) is 1. The van der Waals surface area contributed by atoms with Gasteiger partial charge in [0.05, 0.1) is 18.1 Å². The molecule has 1 aliphatic heterocycles. The van der Waals surface area contributed by atoms with Crippen molar-refractivity contribution in [3.63, 3.8) is 0 Å². The van der Waals surface area contributed by atoms with Crippen LogP contribution in [-0.2, 0) is 21.2 Å². The molecule has 1 fully saturated rings. The fourth-order valence-corrected chi connectivity index (χ4v) is 3.74. The van der Waals surface area contributed by atoms with Gasteiger partial charge in [-0.05, 0) is 25.8 Å². The predicted octanol–water partition coefficient (Wildman–Crippen LogP) is 2.21. The van der Waals surface area contributed by atoms with Crippen molar-refractivity contribution in [2.45, 2.75) is 32.4 Å². The average molecular weight is 283 g/mol. The molecule has 0 spiro atoms. The maximum Gasteiger partial charge on any atom is 0.150 e. The van der Waals surface area contributed by atoms with E-state index in [4.69, 9.17) is 4.74 Å². The van der Waals surface area contributed by atoms with Gasteiger partial charge in [-0.15, -0.1) is 0 Å². The van der Waals surface area contributed by atoms with Crippen LogP contribution in [0, 0.1) is 0 Å². The first-order valence-electron chi connectivity index (χ1n) is 6.73. The Labute approximate surface area is 115 Å². The molecule has 0 aliphatic carbocycles. The minimum atomic E-state index is -2.80. The highest BCUT2D eigenvalue weighted by atomic mass is 32.2. The zero-order valence-electron chi connectivity index (χ0n) is 11.3. The number of hydrogen-bond donors (Lipinski definition) is 1. The molecule has 0 bridgehead atoms. The fourth-order valence-electron chi connectivity index (χ4n) is 2.25. The molecule has 1 aromatic carbocycles. The molecule has 1 N–H and O–H groups in total. The first-order chi connectivity index (χ1) is 9.11. The van der Waals surface area contributed by atoms with Crippen molar-refractivity contribution in [1.82, 2.24) is 0 Å². The van der Waals surface area contributed by atoms with Crippen molar-refractivity contribution in [2.75, 3.05) is 23.4 Å². The summed E-state index contributed by atoms with van der Waals surface area (Å²) in [5.74, 6) is 0.580. The van der Waals surface area contributed by atoms with E-state index >= 15 is 0 Å². The van der Waals surface area contributed by atoms with E-state index in [1.165, 1.54) is 0 Å². The summed E-state index contributed by atoms with van der Waals surface area (Å²) in [5, 5.41) is 3.45. The number of para-hydroxylation sites is 1. The predicted molar refractivity (Wildman–Crippen MR) is 77.1 cm³/mol. The van der Waals surface area contributed by atoms with Crippen molar-refractivity contribution in [3.8, 4) is 0 Å². The lowest BCUT2D eigenvalue weighted by Gasteiger charge is -2.25. The maximum absolute atomic E-state index is 11.4. The molecule has 2 rings (SSSR count). The van der Waals surface area contributed by atoms with E-state index in [1.54, 1.807) is 0 Å². The lowest BCUT2D eigenvalue weighted by molar-refractivity contribution is 0.134. The molecule has 1 aromatic rings. The number of rotatable bonds is 5. The Morgan fingerprint density at radius 3 is 2.63 bits per heavy atom. The van der Waals surface area contributed by atoms with E-state index in [9.17, 15) is 8.42 Å². The largest absolute Gasteiger partial charge is 0.382 e. The van der Waals surface area contributed by atoms with Crippen LogP contribution < -0.4 is 5.32 Å². The lowest BCUT2D eigenvalue weighted by Crippen LogP contribution is -2.32. The average Bonchev–Trinajstić information content (AvgIpc) is 2.40. The van der Waals surface area contributed by atoms with Crippen LogP contribution in [-0.4, -0.2) is 32.6 Å². The standard InChI is InChI=1S/C14H21NO3S/c1-2-18-11-12-5-3-4-6-14(12)15-13-7-9-19(16,17)10-8-13/h3-6,13,15H,2,7-11H2,1H3. The molecular formula is C14H21NO3S. The summed E-state index contributed by atoms with van der Waals surface area (Å²) in [6, 6.07) is 8.28. The van der Waals surface area contributed by atoms with Gasteiger partial charge in [0.25, 0.3) is 0 Å². The van der Waals surface area contributed by atoms with Gasteiger partial charge in [-0.2, -0.15) is 0 Å². The third-order valence-corrected chi connectivity index (χ3v) is 5.11. The van der Waals surface area contributed by atoms with Crippen LogP contribution in [0.5, 0.6) is 0 Å². The summed E-state index contributed by atoms with van der Waals surface area (Å²) in [5.41, 5.74) is 2.18. The molecule has 1 aliphatic rings. The van der Waals surface area contributed by atoms with Crippen molar-refractivity contribution in [2.24, 2.45) is 0 Å². The SMILES string of the molecule is CCOCc1ccccc1NC1CCS(=O)(=O)CC1. The molecule has 1 heterocycles. The molecule has 19 heavy (non-hydrogen) atoms. The smallest absolute Gasteiger partial charge is 0.150 e. The van der Waals surface area contributed by atoms with E-state index in [2.05, 4.69) is 5.32 Å². The number of benzene rings is 1. The van der Waals surface area contributed by atoms with E-state index in [0.717, 1.165) is 11.3 Å². The van der Waals surface area contributed by atoms with Crippen LogP contribution in [0.1, 0.15) is 25.3 Å². The van der Waals surface area contributed by atoms with E-state index < -0.39 is 9.84 Å². The minimum absolute atomic E-state index is 0.242. The van der Waals surface area contributed by atoms with Gasteiger partial charge in [-0.3, -0.25) is 0 Å². The summed E-state index contributed by atoms with van der Waals surface area (Å²) < 4.78 is 28.3. The molecule has 1 saturated heterocycles. The van der Waals surface area contributed by atoms with Gasteiger partial charge in [0.1, 0.15) is 9.84 Å². The molecule has 0 aromatic heterocycles. The summed E-state index contributed by atoms with van der Waals surface area (Å²) in [7, 11) is -2.80. The number of anilines is 1. The van der Waals surface area contributed by atoms with Crippen molar-refractivity contribution in [3.05, 3.63) is 29.8 Å². The van der Waals surface area contributed by atoms with Crippen LogP contribution in [0.4, 0.5) is 5.69 Å². The molecule has 4 nitrogen and oxygen atoms in total. The monoisotopic (exact) mass is 283 g/mol. The molecule has 5 heteroatoms. The van der Waals surface area contributed by atoms with Gasteiger partial charge in [0.2, 0.25) is 0 Å². The molecule has 0 atom stereocenters. The summed E-state index contributed by atoms with van der Waals surface area (Å²) in [6.45, 7) is 3.25. The zero-order chi connectivity index (χ0) is 13.7. The Hall–Kier alpha value is -1.07. The normalized spacial score (nSPS) is 19.2. The topological polar surface area (TPSA) is 55.4 Å². The Morgan fingerprint density at radius 2 is 1.95 bits per heavy atom. The summed E-state index contributed by atoms with van der Waals surface area (Å²) in [4.78, 5) is 0. The third kappa shape index (κ3) is 4.21. The molecule has 106 valence electrons. The van der Waals surface area contributed by atoms with Gasteiger partial charge in [-0.1, -0.05) is 18.2 Å². The van der Waals surface area contributed by atoms with Crippen LogP contribution in [0.2, 0.25) is 0 Å². The Morgan fingerprint density at radius 1 is 1.26 bits per heavy atom. The fraction of sp³-hybridized carbons (Fsp3) is 0.571. The van der Waals surface area contributed by atoms with Crippen LogP contribution >= 0.6 is 0 Å². The first-order valence-corrected chi connectivity index (χ1v) is 8.55. The Balaban J connectivity index is 1.99. The quantitative estimate of drug-likeness (QED) is 0.900. The van der Waals surface area contributed by atoms with Gasteiger partial charge in [0, 0.05) is 23.9 Å². The van der Waals surface area contributed by atoms with Crippen molar-refractivity contribution >= 4 is 15.5 Å². The second kappa shape index (κ2) is 6.39. The van der Waals surface area contributed by atoms with E-state index in [-0.39, 0.29) is 17.5 Å². The summed E-state index contributed by atoms with van der Waals surface area (Å²) >= 11 is 0. The Bertz CT molecular complexity index is 499. The highest BCUT2D eigenvalue weighted by Crippen LogP contribution is 2.21. The molecule has 0 amide bonds. The molecule has 0 saturated carbocycles. The number of sulfone groups is 1. The van der Waals surface area contributed by atoms with E-state index in [1.807, 2.05) is 31.2 Å². The van der Waals surface area contributed by atoms with Crippen LogP contribution in [0.25, 0.3) is 0 Å². The second-order valence-electron chi connectivity index (χ2n) is 4.86. The van der Waals surface area contributed by atoms with E-state index in [0.29, 0.717) is 26.1 Å². The maximum atomic E-state index is 11.4. The van der Waals surface area contributed by atoms with Gasteiger partial charge < -0.3 is 10.1 Å². The van der Waals surface area contributed by atoms with Crippen LogP contribution in [0.15, 0.2) is 24.3 Å². The lowest BCUT2D eigenvalue weighted by atomic mass is 10.1. The number of nitrogens with one attached hydrogen (secondary N) is 1.